The molecule has 1 aromatic carbocycles. The minimum Gasteiger partial charge on any atom is -0.445 e. The Morgan fingerprint density at radius 1 is 1.22 bits per heavy atom. The van der Waals surface area contributed by atoms with Crippen molar-refractivity contribution in [1.82, 2.24) is 15.1 Å². The number of carbonyl (C=O) groups is 2. The lowest BCUT2D eigenvalue weighted by molar-refractivity contribution is 0.00967. The molecule has 1 fully saturated rings. The van der Waals surface area contributed by atoms with Crippen LogP contribution in [-0.2, 0) is 16.1 Å². The minimum absolute atomic E-state index is 0.0180. The molecule has 0 bridgehead atoms. The van der Waals surface area contributed by atoms with Gasteiger partial charge in [0.25, 0.3) is 0 Å². The van der Waals surface area contributed by atoms with Crippen molar-refractivity contribution >= 4 is 12.2 Å². The van der Waals surface area contributed by atoms with Crippen LogP contribution in [0.25, 0.3) is 0 Å². The third-order valence-electron chi connectivity index (χ3n) is 4.41. The number of benzene rings is 1. The number of likely N-dealkylation sites (tertiary alicyclic amines) is 1. The molecular weight excluding hydrogens is 346 g/mol. The van der Waals surface area contributed by atoms with Crippen LogP contribution in [-0.4, -0.2) is 66.9 Å². The standard InChI is InChI=1S/C20H31N3O4/c1-20(2,3)27-19(25)23-12-11-16(17(13-23)22(4)5)21-18(24)26-14-15-9-7-6-8-10-15/h6-10,16-17H,11-14H2,1-5H3,(H,21,24). The summed E-state index contributed by atoms with van der Waals surface area (Å²) < 4.78 is 10.8. The maximum absolute atomic E-state index is 12.3. The van der Waals surface area contributed by atoms with E-state index >= 15 is 0 Å². The van der Waals surface area contributed by atoms with Gasteiger partial charge >= 0.3 is 12.2 Å². The molecule has 1 aliphatic rings. The molecule has 0 saturated carbocycles. The maximum atomic E-state index is 12.3. The van der Waals surface area contributed by atoms with Crippen LogP contribution in [0, 0.1) is 0 Å². The van der Waals surface area contributed by atoms with E-state index in [1.54, 1.807) is 4.90 Å². The van der Waals surface area contributed by atoms with E-state index < -0.39 is 11.7 Å². The van der Waals surface area contributed by atoms with Gasteiger partial charge in [0.2, 0.25) is 0 Å². The van der Waals surface area contributed by atoms with E-state index in [9.17, 15) is 9.59 Å². The minimum atomic E-state index is -0.527. The van der Waals surface area contributed by atoms with Gasteiger partial charge in [-0.3, -0.25) is 0 Å². The number of rotatable bonds is 4. The molecule has 1 aromatic rings. The van der Waals surface area contributed by atoms with Crippen molar-refractivity contribution in [2.24, 2.45) is 0 Å². The van der Waals surface area contributed by atoms with Crippen molar-refractivity contribution < 1.29 is 19.1 Å². The van der Waals surface area contributed by atoms with Crippen LogP contribution < -0.4 is 5.32 Å². The smallest absolute Gasteiger partial charge is 0.410 e. The fraction of sp³-hybridized carbons (Fsp3) is 0.600. The van der Waals surface area contributed by atoms with Crippen LogP contribution in [0.15, 0.2) is 30.3 Å². The molecule has 150 valence electrons. The highest BCUT2D eigenvalue weighted by molar-refractivity contribution is 5.69. The zero-order valence-electron chi connectivity index (χ0n) is 16.9. The van der Waals surface area contributed by atoms with Crippen molar-refractivity contribution in [2.45, 2.75) is 51.5 Å². The molecule has 0 aliphatic carbocycles. The van der Waals surface area contributed by atoms with Gasteiger partial charge in [-0.05, 0) is 46.9 Å². The first-order valence-electron chi connectivity index (χ1n) is 9.27. The monoisotopic (exact) mass is 377 g/mol. The van der Waals surface area contributed by atoms with Crippen LogP contribution in [0.1, 0.15) is 32.8 Å². The molecule has 0 aromatic heterocycles. The summed E-state index contributed by atoms with van der Waals surface area (Å²) in [5.74, 6) is 0. The Morgan fingerprint density at radius 2 is 1.89 bits per heavy atom. The van der Waals surface area contributed by atoms with Gasteiger partial charge < -0.3 is 24.6 Å². The largest absolute Gasteiger partial charge is 0.445 e. The van der Waals surface area contributed by atoms with Crippen molar-refractivity contribution in [3.63, 3.8) is 0 Å². The first-order valence-corrected chi connectivity index (χ1v) is 9.27. The molecule has 2 unspecified atom stereocenters. The number of amides is 2. The molecule has 2 rings (SSSR count). The molecule has 2 amide bonds. The highest BCUT2D eigenvalue weighted by Gasteiger charge is 2.35. The summed E-state index contributed by atoms with van der Waals surface area (Å²) in [6.07, 6.45) is -0.122. The van der Waals surface area contributed by atoms with Crippen molar-refractivity contribution in [3.8, 4) is 0 Å². The number of alkyl carbamates (subject to hydrolysis) is 1. The van der Waals surface area contributed by atoms with Crippen LogP contribution >= 0.6 is 0 Å². The number of hydrogen-bond acceptors (Lipinski definition) is 5. The quantitative estimate of drug-likeness (QED) is 0.874. The predicted molar refractivity (Wildman–Crippen MR) is 103 cm³/mol. The average molecular weight is 377 g/mol. The summed E-state index contributed by atoms with van der Waals surface area (Å²) in [6, 6.07) is 9.45. The number of hydrogen-bond donors (Lipinski definition) is 1. The van der Waals surface area contributed by atoms with Gasteiger partial charge in [0, 0.05) is 19.1 Å². The van der Waals surface area contributed by atoms with E-state index in [2.05, 4.69) is 5.32 Å². The SMILES string of the molecule is CN(C)C1CN(C(=O)OC(C)(C)C)CCC1NC(=O)OCc1ccccc1. The second-order valence-electron chi connectivity index (χ2n) is 8.06. The molecule has 0 radical (unpaired) electrons. The summed E-state index contributed by atoms with van der Waals surface area (Å²) in [7, 11) is 3.88. The second kappa shape index (κ2) is 9.08. The predicted octanol–water partition coefficient (Wildman–Crippen LogP) is 2.85. The molecule has 7 heteroatoms. The van der Waals surface area contributed by atoms with E-state index in [1.807, 2.05) is 70.1 Å². The third-order valence-corrected chi connectivity index (χ3v) is 4.41. The molecule has 0 spiro atoms. The van der Waals surface area contributed by atoms with E-state index in [4.69, 9.17) is 9.47 Å². The fourth-order valence-electron chi connectivity index (χ4n) is 3.03. The molecule has 27 heavy (non-hydrogen) atoms. The van der Waals surface area contributed by atoms with Crippen molar-refractivity contribution in [2.75, 3.05) is 27.2 Å². The molecule has 1 N–H and O–H groups in total. The normalized spacial score (nSPS) is 20.3. The number of carbonyl (C=O) groups excluding carboxylic acids is 2. The van der Waals surface area contributed by atoms with Crippen LogP contribution in [0.4, 0.5) is 9.59 Å². The number of nitrogens with one attached hydrogen (secondary N) is 1. The van der Waals surface area contributed by atoms with Crippen molar-refractivity contribution in [1.29, 1.82) is 0 Å². The summed E-state index contributed by atoms with van der Waals surface area (Å²) in [4.78, 5) is 28.3. The second-order valence-corrected chi connectivity index (χ2v) is 8.06. The Kier molecular flexibility index (Phi) is 7.07. The Hall–Kier alpha value is -2.28. The van der Waals surface area contributed by atoms with Gasteiger partial charge in [0.1, 0.15) is 12.2 Å². The first kappa shape index (κ1) is 21.0. The molecule has 7 nitrogen and oxygen atoms in total. The van der Waals surface area contributed by atoms with Gasteiger partial charge in [-0.2, -0.15) is 0 Å². The number of piperidine rings is 1. The Morgan fingerprint density at radius 3 is 2.48 bits per heavy atom. The van der Waals surface area contributed by atoms with E-state index in [1.165, 1.54) is 0 Å². The lowest BCUT2D eigenvalue weighted by Gasteiger charge is -2.41. The summed E-state index contributed by atoms with van der Waals surface area (Å²) >= 11 is 0. The lowest BCUT2D eigenvalue weighted by atomic mass is 9.98. The first-order chi connectivity index (χ1) is 12.7. The zero-order chi connectivity index (χ0) is 20.0. The molecule has 1 aliphatic heterocycles. The summed E-state index contributed by atoms with van der Waals surface area (Å²) in [5, 5.41) is 2.95. The number of ether oxygens (including phenoxy) is 2. The Labute approximate surface area is 161 Å². The van der Waals surface area contributed by atoms with Gasteiger partial charge in [0.05, 0.1) is 6.04 Å². The van der Waals surface area contributed by atoms with Gasteiger partial charge in [-0.15, -0.1) is 0 Å². The number of nitrogens with zero attached hydrogens (tertiary/aromatic N) is 2. The lowest BCUT2D eigenvalue weighted by Crippen LogP contribution is -2.60. The maximum Gasteiger partial charge on any atom is 0.410 e. The zero-order valence-corrected chi connectivity index (χ0v) is 16.9. The highest BCUT2D eigenvalue weighted by atomic mass is 16.6. The van der Waals surface area contributed by atoms with Gasteiger partial charge in [-0.25, -0.2) is 9.59 Å². The molecule has 1 heterocycles. The number of likely N-dealkylation sites (N-methyl/N-ethyl adjacent to an activating group) is 1. The fourth-order valence-corrected chi connectivity index (χ4v) is 3.03. The topological polar surface area (TPSA) is 71.1 Å². The molecular formula is C20H31N3O4. The Balaban J connectivity index is 1.89. The van der Waals surface area contributed by atoms with Gasteiger partial charge in [-0.1, -0.05) is 30.3 Å². The van der Waals surface area contributed by atoms with Crippen LogP contribution in [0.5, 0.6) is 0 Å². The van der Waals surface area contributed by atoms with Gasteiger partial charge in [0.15, 0.2) is 0 Å². The van der Waals surface area contributed by atoms with E-state index in [0.29, 0.717) is 19.5 Å². The van der Waals surface area contributed by atoms with E-state index in [0.717, 1.165) is 5.56 Å². The van der Waals surface area contributed by atoms with Crippen molar-refractivity contribution in [3.05, 3.63) is 35.9 Å². The molecule has 1 saturated heterocycles. The Bertz CT molecular complexity index is 628. The third kappa shape index (κ3) is 6.75. The van der Waals surface area contributed by atoms with Crippen LogP contribution in [0.3, 0.4) is 0 Å². The highest BCUT2D eigenvalue weighted by Crippen LogP contribution is 2.18. The summed E-state index contributed by atoms with van der Waals surface area (Å²) in [6.45, 7) is 6.81. The molecule has 2 atom stereocenters. The summed E-state index contributed by atoms with van der Waals surface area (Å²) in [5.41, 5.74) is 0.415. The van der Waals surface area contributed by atoms with Crippen LogP contribution in [0.2, 0.25) is 0 Å². The van der Waals surface area contributed by atoms with E-state index in [-0.39, 0.29) is 24.8 Å². The average Bonchev–Trinajstić information content (AvgIpc) is 2.59.